The first-order valence-corrected chi connectivity index (χ1v) is 7.54. The quantitative estimate of drug-likeness (QED) is 0.915. The largest absolute Gasteiger partial charge is 0.350 e. The Balaban J connectivity index is 1.56. The van der Waals surface area contributed by atoms with Gasteiger partial charge in [0.15, 0.2) is 6.29 Å². The van der Waals surface area contributed by atoms with Crippen LogP contribution in [0.3, 0.4) is 0 Å². The number of nitrogens with one attached hydrogen (secondary N) is 1. The zero-order valence-corrected chi connectivity index (χ0v) is 12.1. The van der Waals surface area contributed by atoms with Crippen molar-refractivity contribution in [1.29, 1.82) is 0 Å². The second-order valence-electron chi connectivity index (χ2n) is 5.66. The molecule has 0 aliphatic carbocycles. The number of hydrogen-bond donors (Lipinski definition) is 1. The van der Waals surface area contributed by atoms with E-state index >= 15 is 0 Å². The van der Waals surface area contributed by atoms with Gasteiger partial charge >= 0.3 is 0 Å². The van der Waals surface area contributed by atoms with Gasteiger partial charge in [-0.1, -0.05) is 35.9 Å². The van der Waals surface area contributed by atoms with Crippen LogP contribution in [0.4, 0.5) is 0 Å². The number of rotatable bonds is 4. The Labute approximate surface area is 121 Å². The minimum absolute atomic E-state index is 0.0186. The van der Waals surface area contributed by atoms with E-state index in [0.29, 0.717) is 6.04 Å². The maximum absolute atomic E-state index is 5.51. The number of benzene rings is 1. The second kappa shape index (κ2) is 6.53. The van der Waals surface area contributed by atoms with Gasteiger partial charge in [0, 0.05) is 12.6 Å². The summed E-state index contributed by atoms with van der Waals surface area (Å²) in [4.78, 5) is 0. The first-order chi connectivity index (χ1) is 9.81. The zero-order valence-electron chi connectivity index (χ0n) is 12.1. The predicted molar refractivity (Wildman–Crippen MR) is 80.5 cm³/mol. The molecule has 3 heteroatoms. The lowest BCUT2D eigenvalue weighted by Gasteiger charge is -2.25. The van der Waals surface area contributed by atoms with Crippen molar-refractivity contribution in [2.45, 2.75) is 38.5 Å². The van der Waals surface area contributed by atoms with Crippen molar-refractivity contribution in [2.24, 2.45) is 0 Å². The van der Waals surface area contributed by atoms with Crippen molar-refractivity contribution >= 4 is 5.57 Å². The van der Waals surface area contributed by atoms with E-state index in [1.165, 1.54) is 16.7 Å². The number of hydrogen-bond acceptors (Lipinski definition) is 3. The van der Waals surface area contributed by atoms with E-state index in [0.717, 1.165) is 39.0 Å². The van der Waals surface area contributed by atoms with Gasteiger partial charge in [-0.3, -0.25) is 0 Å². The molecular weight excluding hydrogens is 250 g/mol. The van der Waals surface area contributed by atoms with Crippen molar-refractivity contribution in [1.82, 2.24) is 5.32 Å². The molecule has 1 N–H and O–H groups in total. The van der Waals surface area contributed by atoms with E-state index in [2.05, 4.69) is 42.6 Å². The maximum atomic E-state index is 5.51. The third-order valence-corrected chi connectivity index (χ3v) is 4.05. The van der Waals surface area contributed by atoms with Gasteiger partial charge in [-0.05, 0) is 37.3 Å². The molecule has 2 aliphatic rings. The highest BCUT2D eigenvalue weighted by Gasteiger charge is 2.20. The van der Waals surface area contributed by atoms with Crippen LogP contribution in [0.1, 0.15) is 30.4 Å². The third-order valence-electron chi connectivity index (χ3n) is 4.05. The molecule has 1 fully saturated rings. The van der Waals surface area contributed by atoms with E-state index in [-0.39, 0.29) is 6.29 Å². The Hall–Kier alpha value is -1.16. The van der Waals surface area contributed by atoms with Crippen LogP contribution in [0, 0.1) is 6.92 Å². The first kappa shape index (κ1) is 13.8. The van der Waals surface area contributed by atoms with Crippen molar-refractivity contribution < 1.29 is 9.47 Å². The molecule has 0 bridgehead atoms. The SMILES string of the molecule is Cc1cccc(C2=CCNC(CCC3OCCO3)C2)c1. The Bertz CT molecular complexity index is 478. The summed E-state index contributed by atoms with van der Waals surface area (Å²) in [5, 5.41) is 3.57. The normalized spacial score (nSPS) is 23.9. The Kier molecular flexibility index (Phi) is 4.51. The summed E-state index contributed by atoms with van der Waals surface area (Å²) in [5.74, 6) is 0. The molecule has 3 nitrogen and oxygen atoms in total. The van der Waals surface area contributed by atoms with Crippen molar-refractivity contribution in [3.8, 4) is 0 Å². The van der Waals surface area contributed by atoms with Crippen LogP contribution in [0.5, 0.6) is 0 Å². The highest BCUT2D eigenvalue weighted by atomic mass is 16.7. The standard InChI is InChI=1S/C17H23NO2/c1-13-3-2-4-14(11-13)15-7-8-18-16(12-15)5-6-17-19-9-10-20-17/h2-4,7,11,16-18H,5-6,8-10,12H2,1H3. The summed E-state index contributed by atoms with van der Waals surface area (Å²) < 4.78 is 11.0. The van der Waals surface area contributed by atoms with E-state index in [1.807, 2.05) is 0 Å². The molecular formula is C17H23NO2. The maximum Gasteiger partial charge on any atom is 0.157 e. The second-order valence-corrected chi connectivity index (χ2v) is 5.66. The number of aryl methyl sites for hydroxylation is 1. The Morgan fingerprint density at radius 2 is 2.05 bits per heavy atom. The van der Waals surface area contributed by atoms with Crippen LogP contribution in [-0.4, -0.2) is 32.1 Å². The van der Waals surface area contributed by atoms with Gasteiger partial charge in [0.05, 0.1) is 13.2 Å². The van der Waals surface area contributed by atoms with Crippen LogP contribution >= 0.6 is 0 Å². The van der Waals surface area contributed by atoms with Gasteiger partial charge in [-0.25, -0.2) is 0 Å². The zero-order chi connectivity index (χ0) is 13.8. The fraction of sp³-hybridized carbons (Fsp3) is 0.529. The minimum atomic E-state index is 0.0186. The van der Waals surface area contributed by atoms with Crippen molar-refractivity contribution in [3.63, 3.8) is 0 Å². The van der Waals surface area contributed by atoms with Crippen LogP contribution < -0.4 is 5.32 Å². The fourth-order valence-corrected chi connectivity index (χ4v) is 2.97. The monoisotopic (exact) mass is 273 g/mol. The molecule has 0 amide bonds. The molecule has 1 atom stereocenters. The summed E-state index contributed by atoms with van der Waals surface area (Å²) in [6.07, 6.45) is 5.52. The summed E-state index contributed by atoms with van der Waals surface area (Å²) in [6.45, 7) is 4.60. The molecule has 0 spiro atoms. The van der Waals surface area contributed by atoms with E-state index in [1.54, 1.807) is 0 Å². The van der Waals surface area contributed by atoms with E-state index in [9.17, 15) is 0 Å². The lowest BCUT2D eigenvalue weighted by Crippen LogP contribution is -2.33. The average molecular weight is 273 g/mol. The van der Waals surface area contributed by atoms with E-state index < -0.39 is 0 Å². The summed E-state index contributed by atoms with van der Waals surface area (Å²) in [7, 11) is 0. The van der Waals surface area contributed by atoms with Gasteiger partial charge < -0.3 is 14.8 Å². The molecule has 1 aromatic rings. The highest BCUT2D eigenvalue weighted by Crippen LogP contribution is 2.25. The molecule has 2 heterocycles. The summed E-state index contributed by atoms with van der Waals surface area (Å²) in [6, 6.07) is 9.31. The molecule has 20 heavy (non-hydrogen) atoms. The van der Waals surface area contributed by atoms with Gasteiger partial charge in [-0.15, -0.1) is 0 Å². The average Bonchev–Trinajstić information content (AvgIpc) is 2.99. The molecule has 0 aromatic heterocycles. The molecule has 1 saturated heterocycles. The van der Waals surface area contributed by atoms with Crippen LogP contribution in [0.15, 0.2) is 30.3 Å². The topological polar surface area (TPSA) is 30.5 Å². The predicted octanol–water partition coefficient (Wildman–Crippen LogP) is 2.89. The van der Waals surface area contributed by atoms with Crippen LogP contribution in [0.2, 0.25) is 0 Å². The van der Waals surface area contributed by atoms with Crippen molar-refractivity contribution in [2.75, 3.05) is 19.8 Å². The third kappa shape index (κ3) is 3.48. The summed E-state index contributed by atoms with van der Waals surface area (Å²) in [5.41, 5.74) is 4.15. The lowest BCUT2D eigenvalue weighted by atomic mass is 9.92. The molecule has 108 valence electrons. The lowest BCUT2D eigenvalue weighted by molar-refractivity contribution is -0.0490. The molecule has 1 aromatic carbocycles. The molecule has 2 aliphatic heterocycles. The van der Waals surface area contributed by atoms with Gasteiger partial charge in [0.1, 0.15) is 0 Å². The van der Waals surface area contributed by atoms with Crippen molar-refractivity contribution in [3.05, 3.63) is 41.5 Å². The molecule has 0 radical (unpaired) electrons. The summed E-state index contributed by atoms with van der Waals surface area (Å²) >= 11 is 0. The number of ether oxygens (including phenoxy) is 2. The van der Waals surface area contributed by atoms with Gasteiger partial charge in [-0.2, -0.15) is 0 Å². The van der Waals surface area contributed by atoms with E-state index in [4.69, 9.17) is 9.47 Å². The highest BCUT2D eigenvalue weighted by molar-refractivity contribution is 5.67. The minimum Gasteiger partial charge on any atom is -0.350 e. The van der Waals surface area contributed by atoms with Crippen LogP contribution in [-0.2, 0) is 9.47 Å². The fourth-order valence-electron chi connectivity index (χ4n) is 2.97. The van der Waals surface area contributed by atoms with Gasteiger partial charge in [0.25, 0.3) is 0 Å². The Morgan fingerprint density at radius 3 is 2.85 bits per heavy atom. The molecule has 1 unspecified atom stereocenters. The molecule has 0 saturated carbocycles. The first-order valence-electron chi connectivity index (χ1n) is 7.54. The smallest absolute Gasteiger partial charge is 0.157 e. The molecule has 3 rings (SSSR count). The van der Waals surface area contributed by atoms with Crippen LogP contribution in [0.25, 0.3) is 5.57 Å². The van der Waals surface area contributed by atoms with Gasteiger partial charge in [0.2, 0.25) is 0 Å². The Morgan fingerprint density at radius 1 is 1.20 bits per heavy atom.